The van der Waals surface area contributed by atoms with E-state index in [1.54, 1.807) is 13.8 Å². The van der Waals surface area contributed by atoms with Crippen LogP contribution in [0, 0.1) is 13.8 Å². The van der Waals surface area contributed by atoms with Crippen LogP contribution in [0.25, 0.3) is 0 Å². The lowest BCUT2D eigenvalue weighted by molar-refractivity contribution is 0.471. The summed E-state index contributed by atoms with van der Waals surface area (Å²) < 4.78 is 27.9. The second-order valence-electron chi connectivity index (χ2n) is 5.36. The van der Waals surface area contributed by atoms with Gasteiger partial charge in [-0.3, -0.25) is 5.10 Å². The highest BCUT2D eigenvalue weighted by Crippen LogP contribution is 2.24. The molecular formula is C14H19N3O2S. The van der Waals surface area contributed by atoms with Gasteiger partial charge in [0.05, 0.1) is 16.9 Å². The summed E-state index contributed by atoms with van der Waals surface area (Å²) in [6, 6.07) is 9.48. The summed E-state index contributed by atoms with van der Waals surface area (Å²) in [5, 5.41) is 6.64. The number of sulfonamides is 1. The van der Waals surface area contributed by atoms with Crippen molar-refractivity contribution in [1.82, 2.24) is 14.9 Å². The van der Waals surface area contributed by atoms with Gasteiger partial charge in [0, 0.05) is 0 Å². The summed E-state index contributed by atoms with van der Waals surface area (Å²) in [7, 11) is -3.63. The van der Waals surface area contributed by atoms with Gasteiger partial charge in [-0.05, 0) is 33.3 Å². The molecule has 2 aromatic rings. The normalized spacial score (nSPS) is 12.6. The minimum atomic E-state index is -3.63. The van der Waals surface area contributed by atoms with Crippen molar-refractivity contribution in [1.29, 1.82) is 0 Å². The molecule has 108 valence electrons. The summed E-state index contributed by atoms with van der Waals surface area (Å²) in [5.74, 6) is 0. The molecule has 1 aromatic heterocycles. The molecule has 0 amide bonds. The van der Waals surface area contributed by atoms with Gasteiger partial charge >= 0.3 is 0 Å². The van der Waals surface area contributed by atoms with Gasteiger partial charge in [0.1, 0.15) is 4.90 Å². The highest BCUT2D eigenvalue weighted by atomic mass is 32.2. The predicted molar refractivity (Wildman–Crippen MR) is 77.9 cm³/mol. The highest BCUT2D eigenvalue weighted by Gasteiger charge is 2.30. The Kier molecular flexibility index (Phi) is 3.71. The maximum atomic E-state index is 12.6. The SMILES string of the molecule is Cc1n[nH]c(C)c1S(=O)(=O)NC(C)(C)c1ccccc1. The zero-order chi connectivity index (χ0) is 15.0. The number of aromatic nitrogens is 2. The molecule has 6 heteroatoms. The molecule has 0 bridgehead atoms. The van der Waals surface area contributed by atoms with Crippen LogP contribution in [-0.2, 0) is 15.6 Å². The number of aromatic amines is 1. The van der Waals surface area contributed by atoms with Crippen LogP contribution in [0.3, 0.4) is 0 Å². The molecule has 0 saturated heterocycles. The Morgan fingerprint density at radius 1 is 1.15 bits per heavy atom. The van der Waals surface area contributed by atoms with E-state index < -0.39 is 15.6 Å². The first-order valence-electron chi connectivity index (χ1n) is 6.35. The lowest BCUT2D eigenvalue weighted by atomic mass is 9.96. The number of rotatable bonds is 4. The van der Waals surface area contributed by atoms with Crippen LogP contribution in [0.4, 0.5) is 0 Å². The predicted octanol–water partition coefficient (Wildman–Crippen LogP) is 2.24. The molecule has 0 aliphatic carbocycles. The fourth-order valence-corrected chi connectivity index (χ4v) is 4.01. The molecule has 0 fully saturated rings. The Labute approximate surface area is 119 Å². The first-order valence-corrected chi connectivity index (χ1v) is 7.83. The molecule has 1 heterocycles. The van der Waals surface area contributed by atoms with Crippen molar-refractivity contribution in [3.05, 3.63) is 47.3 Å². The van der Waals surface area contributed by atoms with E-state index >= 15 is 0 Å². The van der Waals surface area contributed by atoms with Gasteiger partial charge in [-0.1, -0.05) is 30.3 Å². The van der Waals surface area contributed by atoms with E-state index in [1.807, 2.05) is 44.2 Å². The maximum absolute atomic E-state index is 12.6. The summed E-state index contributed by atoms with van der Waals surface area (Å²) in [6.45, 7) is 7.05. The lowest BCUT2D eigenvalue weighted by Crippen LogP contribution is -2.41. The van der Waals surface area contributed by atoms with E-state index in [1.165, 1.54) is 0 Å². The van der Waals surface area contributed by atoms with E-state index in [0.717, 1.165) is 5.56 Å². The number of nitrogens with zero attached hydrogens (tertiary/aromatic N) is 1. The molecule has 0 radical (unpaired) electrons. The monoisotopic (exact) mass is 293 g/mol. The van der Waals surface area contributed by atoms with Crippen LogP contribution in [-0.4, -0.2) is 18.6 Å². The Morgan fingerprint density at radius 2 is 1.75 bits per heavy atom. The molecule has 0 aliphatic heterocycles. The fourth-order valence-electron chi connectivity index (χ4n) is 2.24. The molecular weight excluding hydrogens is 274 g/mol. The second kappa shape index (κ2) is 5.03. The number of hydrogen-bond acceptors (Lipinski definition) is 3. The van der Waals surface area contributed by atoms with Crippen molar-refractivity contribution in [2.24, 2.45) is 0 Å². The average Bonchev–Trinajstić information content (AvgIpc) is 2.69. The van der Waals surface area contributed by atoms with Crippen LogP contribution in [0.15, 0.2) is 35.2 Å². The van der Waals surface area contributed by atoms with Crippen LogP contribution in [0.2, 0.25) is 0 Å². The van der Waals surface area contributed by atoms with E-state index in [0.29, 0.717) is 11.4 Å². The Hall–Kier alpha value is -1.66. The second-order valence-corrected chi connectivity index (χ2v) is 6.98. The fraction of sp³-hybridized carbons (Fsp3) is 0.357. The van der Waals surface area contributed by atoms with Crippen molar-refractivity contribution in [2.45, 2.75) is 38.1 Å². The summed E-state index contributed by atoms with van der Waals surface area (Å²) >= 11 is 0. The summed E-state index contributed by atoms with van der Waals surface area (Å²) in [6.07, 6.45) is 0. The smallest absolute Gasteiger partial charge is 0.245 e. The molecule has 2 N–H and O–H groups in total. The van der Waals surface area contributed by atoms with Crippen molar-refractivity contribution in [3.8, 4) is 0 Å². The first-order chi connectivity index (χ1) is 9.24. The third kappa shape index (κ3) is 2.76. The molecule has 20 heavy (non-hydrogen) atoms. The van der Waals surface area contributed by atoms with Gasteiger partial charge < -0.3 is 0 Å². The maximum Gasteiger partial charge on any atom is 0.245 e. The molecule has 0 saturated carbocycles. The van der Waals surface area contributed by atoms with Gasteiger partial charge in [0.25, 0.3) is 0 Å². The Balaban J connectivity index is 2.39. The molecule has 0 unspecified atom stereocenters. The molecule has 0 spiro atoms. The zero-order valence-electron chi connectivity index (χ0n) is 12.1. The van der Waals surface area contributed by atoms with Crippen molar-refractivity contribution in [2.75, 3.05) is 0 Å². The number of aryl methyl sites for hydroxylation is 2. The minimum Gasteiger partial charge on any atom is -0.281 e. The summed E-state index contributed by atoms with van der Waals surface area (Å²) in [4.78, 5) is 0.224. The standard InChI is InChI=1S/C14H19N3O2S/c1-10-13(11(2)16-15-10)20(18,19)17-14(3,4)12-8-6-5-7-9-12/h5-9,17H,1-4H3,(H,15,16). The molecule has 1 aromatic carbocycles. The van der Waals surface area contributed by atoms with Crippen LogP contribution >= 0.6 is 0 Å². The third-order valence-electron chi connectivity index (χ3n) is 3.21. The quantitative estimate of drug-likeness (QED) is 0.907. The van der Waals surface area contributed by atoms with Gasteiger partial charge in [0.15, 0.2) is 0 Å². The highest BCUT2D eigenvalue weighted by molar-refractivity contribution is 7.89. The van der Waals surface area contributed by atoms with Crippen molar-refractivity contribution in [3.63, 3.8) is 0 Å². The van der Waals surface area contributed by atoms with E-state index in [4.69, 9.17) is 0 Å². The number of benzene rings is 1. The van der Waals surface area contributed by atoms with E-state index in [2.05, 4.69) is 14.9 Å². The third-order valence-corrected chi connectivity index (χ3v) is 5.13. The average molecular weight is 293 g/mol. The Morgan fingerprint density at radius 3 is 2.25 bits per heavy atom. The van der Waals surface area contributed by atoms with Crippen molar-refractivity contribution < 1.29 is 8.42 Å². The van der Waals surface area contributed by atoms with Crippen molar-refractivity contribution >= 4 is 10.0 Å². The first kappa shape index (κ1) is 14.7. The van der Waals surface area contributed by atoms with Crippen LogP contribution < -0.4 is 4.72 Å². The number of H-pyrrole nitrogens is 1. The topological polar surface area (TPSA) is 74.8 Å². The van der Waals surface area contributed by atoms with Gasteiger partial charge in [-0.15, -0.1) is 0 Å². The number of nitrogens with one attached hydrogen (secondary N) is 2. The largest absolute Gasteiger partial charge is 0.281 e. The zero-order valence-corrected chi connectivity index (χ0v) is 12.9. The minimum absolute atomic E-state index is 0.224. The van der Waals surface area contributed by atoms with Gasteiger partial charge in [0.2, 0.25) is 10.0 Å². The Bertz CT molecular complexity index is 684. The molecule has 0 atom stereocenters. The van der Waals surface area contributed by atoms with E-state index in [9.17, 15) is 8.42 Å². The summed E-state index contributed by atoms with van der Waals surface area (Å²) in [5.41, 5.74) is 1.22. The molecule has 5 nitrogen and oxygen atoms in total. The lowest BCUT2D eigenvalue weighted by Gasteiger charge is -2.26. The van der Waals surface area contributed by atoms with E-state index in [-0.39, 0.29) is 4.90 Å². The molecule has 0 aliphatic rings. The number of hydrogen-bond donors (Lipinski definition) is 2. The van der Waals surface area contributed by atoms with Crippen LogP contribution in [0.1, 0.15) is 30.8 Å². The van der Waals surface area contributed by atoms with Gasteiger partial charge in [-0.25, -0.2) is 13.1 Å². The van der Waals surface area contributed by atoms with Gasteiger partial charge in [-0.2, -0.15) is 5.10 Å². The molecule has 2 rings (SSSR count). The van der Waals surface area contributed by atoms with Crippen LogP contribution in [0.5, 0.6) is 0 Å².